The highest BCUT2D eigenvalue weighted by atomic mass is 35.5. The summed E-state index contributed by atoms with van der Waals surface area (Å²) in [6.07, 6.45) is 6.45. The van der Waals surface area contributed by atoms with Gasteiger partial charge in [0.25, 0.3) is 0 Å². The molecule has 0 aromatic heterocycles. The molecule has 4 rings (SSSR count). The molecule has 160 valence electrons. The van der Waals surface area contributed by atoms with E-state index in [9.17, 15) is 9.59 Å². The second-order valence-corrected chi connectivity index (χ2v) is 8.77. The first kappa shape index (κ1) is 21.5. The van der Waals surface area contributed by atoms with Gasteiger partial charge in [-0.3, -0.25) is 9.59 Å². The zero-order valence-corrected chi connectivity index (χ0v) is 18.4. The Kier molecular flexibility index (Phi) is 6.63. The van der Waals surface area contributed by atoms with Crippen LogP contribution in [0, 0.1) is 11.8 Å². The fourth-order valence-electron chi connectivity index (χ4n) is 4.64. The quantitative estimate of drug-likeness (QED) is 0.700. The van der Waals surface area contributed by atoms with Crippen LogP contribution in [-0.2, 0) is 15.0 Å². The number of piperidine rings is 1. The number of nitrogens with one attached hydrogen (secondary N) is 1. The Labute approximate surface area is 189 Å². The van der Waals surface area contributed by atoms with E-state index in [1.165, 1.54) is 0 Å². The third-order valence-corrected chi connectivity index (χ3v) is 6.61. The van der Waals surface area contributed by atoms with E-state index in [4.69, 9.17) is 11.6 Å². The minimum absolute atomic E-state index is 0.0422. The molecule has 2 fully saturated rings. The first-order valence-corrected chi connectivity index (χ1v) is 11.4. The second kappa shape index (κ2) is 9.58. The number of carbonyl (C=O) groups is 2. The molecule has 2 aliphatic rings. The number of hydrogen-bond donors (Lipinski definition) is 1. The molecule has 1 saturated carbocycles. The molecule has 1 aliphatic carbocycles. The molecule has 1 N–H and O–H groups in total. The number of amides is 2. The van der Waals surface area contributed by atoms with Crippen molar-refractivity contribution in [2.75, 3.05) is 18.0 Å². The van der Waals surface area contributed by atoms with Crippen LogP contribution in [0.2, 0.25) is 5.02 Å². The van der Waals surface area contributed by atoms with Crippen LogP contribution in [0.4, 0.5) is 5.69 Å². The Morgan fingerprint density at radius 2 is 1.71 bits per heavy atom. The van der Waals surface area contributed by atoms with Crippen molar-refractivity contribution in [3.05, 3.63) is 64.7 Å². The van der Waals surface area contributed by atoms with E-state index in [0.29, 0.717) is 18.0 Å². The third kappa shape index (κ3) is 4.78. The van der Waals surface area contributed by atoms with Crippen molar-refractivity contribution < 1.29 is 9.59 Å². The Morgan fingerprint density at radius 3 is 2.39 bits per heavy atom. The number of carbonyl (C=O) groups excluding carboxylic acids is 2. The molecular weight excluding hydrogens is 408 g/mol. The van der Waals surface area contributed by atoms with Crippen molar-refractivity contribution in [2.45, 2.75) is 50.4 Å². The summed E-state index contributed by atoms with van der Waals surface area (Å²) in [5.41, 5.74) is 2.35. The van der Waals surface area contributed by atoms with Crippen molar-refractivity contribution in [3.8, 4) is 11.8 Å². The summed E-state index contributed by atoms with van der Waals surface area (Å²) in [5, 5.41) is 3.70. The maximum Gasteiger partial charge on any atom is 0.231 e. The van der Waals surface area contributed by atoms with Crippen LogP contribution in [0.1, 0.15) is 56.1 Å². The molecule has 1 saturated heterocycles. The van der Waals surface area contributed by atoms with Crippen LogP contribution < -0.4 is 10.2 Å². The van der Waals surface area contributed by atoms with Gasteiger partial charge in [0.15, 0.2) is 0 Å². The lowest BCUT2D eigenvalue weighted by Gasteiger charge is -2.28. The molecule has 0 bridgehead atoms. The molecule has 0 spiro atoms. The van der Waals surface area contributed by atoms with Gasteiger partial charge in [-0.05, 0) is 67.6 Å². The zero-order chi connectivity index (χ0) is 21.7. The standard InChI is InChI=1S/C26H27ClN2O2/c27-22-12-10-21(11-13-22)26(16-2-3-17-26)25(31)28-18-5-6-20-8-14-23(15-9-20)29-19-4-1-7-24(29)30/h8-15H,1-4,7,16-19H2,(H,28,31). The highest BCUT2D eigenvalue weighted by Crippen LogP contribution is 2.41. The van der Waals surface area contributed by atoms with E-state index in [2.05, 4.69) is 17.2 Å². The van der Waals surface area contributed by atoms with E-state index in [-0.39, 0.29) is 11.8 Å². The molecule has 5 heteroatoms. The van der Waals surface area contributed by atoms with E-state index in [1.807, 2.05) is 53.4 Å². The SMILES string of the molecule is O=C1CCCCN1c1ccc(C#CCNC(=O)C2(c3ccc(Cl)cc3)CCCC2)cc1. The maximum atomic E-state index is 13.1. The highest BCUT2D eigenvalue weighted by molar-refractivity contribution is 6.30. The Bertz CT molecular complexity index is 996. The topological polar surface area (TPSA) is 49.4 Å². The van der Waals surface area contributed by atoms with E-state index < -0.39 is 5.41 Å². The van der Waals surface area contributed by atoms with Crippen LogP contribution in [0.5, 0.6) is 0 Å². The number of nitrogens with zero attached hydrogens (tertiary/aromatic N) is 1. The summed E-state index contributed by atoms with van der Waals surface area (Å²) in [6.45, 7) is 1.09. The zero-order valence-electron chi connectivity index (χ0n) is 17.6. The van der Waals surface area contributed by atoms with Gasteiger partial charge in [0.1, 0.15) is 0 Å². The molecule has 4 nitrogen and oxygen atoms in total. The average Bonchev–Trinajstić information content (AvgIpc) is 3.29. The Morgan fingerprint density at radius 1 is 1.00 bits per heavy atom. The van der Waals surface area contributed by atoms with Gasteiger partial charge in [-0.25, -0.2) is 0 Å². The molecule has 1 aliphatic heterocycles. The predicted octanol–water partition coefficient (Wildman–Crippen LogP) is 4.84. The number of benzene rings is 2. The minimum Gasteiger partial charge on any atom is -0.344 e. The van der Waals surface area contributed by atoms with Gasteiger partial charge in [-0.15, -0.1) is 0 Å². The summed E-state index contributed by atoms with van der Waals surface area (Å²) in [6, 6.07) is 15.4. The monoisotopic (exact) mass is 434 g/mol. The van der Waals surface area contributed by atoms with Crippen LogP contribution in [0.25, 0.3) is 0 Å². The van der Waals surface area contributed by atoms with Gasteiger partial charge in [-0.2, -0.15) is 0 Å². The third-order valence-electron chi connectivity index (χ3n) is 6.36. The Hall–Kier alpha value is -2.77. The fraction of sp³-hybridized carbons (Fsp3) is 0.385. The molecule has 2 amide bonds. The smallest absolute Gasteiger partial charge is 0.231 e. The van der Waals surface area contributed by atoms with Crippen molar-refractivity contribution in [1.29, 1.82) is 0 Å². The van der Waals surface area contributed by atoms with Gasteiger partial charge in [0.05, 0.1) is 12.0 Å². The van der Waals surface area contributed by atoms with Crippen LogP contribution in [0.3, 0.4) is 0 Å². The lowest BCUT2D eigenvalue weighted by atomic mass is 9.78. The molecule has 0 atom stereocenters. The highest BCUT2D eigenvalue weighted by Gasteiger charge is 2.42. The summed E-state index contributed by atoms with van der Waals surface area (Å²) in [4.78, 5) is 27.0. The normalized spacial score (nSPS) is 17.7. The fourth-order valence-corrected chi connectivity index (χ4v) is 4.76. The van der Waals surface area contributed by atoms with Crippen molar-refractivity contribution in [1.82, 2.24) is 5.32 Å². The molecule has 31 heavy (non-hydrogen) atoms. The van der Waals surface area contributed by atoms with Crippen LogP contribution in [0.15, 0.2) is 48.5 Å². The van der Waals surface area contributed by atoms with Crippen molar-refractivity contribution in [2.24, 2.45) is 0 Å². The van der Waals surface area contributed by atoms with E-state index in [1.54, 1.807) is 0 Å². The van der Waals surface area contributed by atoms with Crippen molar-refractivity contribution in [3.63, 3.8) is 0 Å². The molecule has 2 aromatic rings. The first-order chi connectivity index (χ1) is 15.1. The molecule has 0 unspecified atom stereocenters. The summed E-state index contributed by atoms with van der Waals surface area (Å²) >= 11 is 6.03. The largest absolute Gasteiger partial charge is 0.344 e. The van der Waals surface area contributed by atoms with Gasteiger partial charge in [-0.1, -0.05) is 48.4 Å². The van der Waals surface area contributed by atoms with Crippen molar-refractivity contribution >= 4 is 29.1 Å². The Balaban J connectivity index is 1.37. The van der Waals surface area contributed by atoms with Crippen LogP contribution >= 0.6 is 11.6 Å². The minimum atomic E-state index is -0.477. The average molecular weight is 435 g/mol. The van der Waals surface area contributed by atoms with Gasteiger partial charge < -0.3 is 10.2 Å². The van der Waals surface area contributed by atoms with E-state index in [0.717, 1.165) is 61.9 Å². The summed E-state index contributed by atoms with van der Waals surface area (Å²) in [7, 11) is 0. The lowest BCUT2D eigenvalue weighted by Crippen LogP contribution is -2.42. The number of rotatable bonds is 4. The van der Waals surface area contributed by atoms with Crippen LogP contribution in [-0.4, -0.2) is 24.9 Å². The van der Waals surface area contributed by atoms with Gasteiger partial charge >= 0.3 is 0 Å². The summed E-state index contributed by atoms with van der Waals surface area (Å²) in [5.74, 6) is 6.40. The first-order valence-electron chi connectivity index (χ1n) is 11.0. The van der Waals surface area contributed by atoms with E-state index >= 15 is 0 Å². The van der Waals surface area contributed by atoms with Gasteiger partial charge in [0, 0.05) is 29.2 Å². The molecule has 0 radical (unpaired) electrons. The second-order valence-electron chi connectivity index (χ2n) is 8.33. The number of anilines is 1. The maximum absolute atomic E-state index is 13.1. The predicted molar refractivity (Wildman–Crippen MR) is 124 cm³/mol. The van der Waals surface area contributed by atoms with Gasteiger partial charge in [0.2, 0.25) is 11.8 Å². The molecular formula is C26H27ClN2O2. The number of halogens is 1. The molecule has 2 aromatic carbocycles. The molecule has 1 heterocycles. The number of hydrogen-bond acceptors (Lipinski definition) is 2. The lowest BCUT2D eigenvalue weighted by molar-refractivity contribution is -0.126. The summed E-state index contributed by atoms with van der Waals surface area (Å²) < 4.78 is 0.